The van der Waals surface area contributed by atoms with Gasteiger partial charge in [0.15, 0.2) is 0 Å². The van der Waals surface area contributed by atoms with Crippen molar-refractivity contribution in [3.05, 3.63) is 93.7 Å². The number of benzene rings is 2. The van der Waals surface area contributed by atoms with E-state index in [9.17, 15) is 9.90 Å². The molecule has 2 aromatic rings. The van der Waals surface area contributed by atoms with Crippen LogP contribution in [-0.4, -0.2) is 39.4 Å². The largest absolute Gasteiger partial charge is 0.508 e. The lowest BCUT2D eigenvalue weighted by molar-refractivity contribution is -0.147. The SMILES string of the molecule is CC1(N2C(=O)CN(Cc3ccccc3)CC2c2ccc(Cl)cc2)CC=C(O)C=C1Cl. The Kier molecular flexibility index (Phi) is 5.92. The lowest BCUT2D eigenvalue weighted by Crippen LogP contribution is -2.60. The van der Waals surface area contributed by atoms with Crippen molar-refractivity contribution >= 4 is 29.1 Å². The molecule has 2 unspecified atom stereocenters. The second-order valence-electron chi connectivity index (χ2n) is 8.09. The Labute approximate surface area is 187 Å². The molecular formula is C24H24Cl2N2O2. The first-order valence-corrected chi connectivity index (χ1v) is 10.7. The van der Waals surface area contributed by atoms with Gasteiger partial charge in [0.05, 0.1) is 18.1 Å². The fraction of sp³-hybridized carbons (Fsp3) is 0.292. The van der Waals surface area contributed by atoms with E-state index in [1.165, 1.54) is 11.6 Å². The minimum absolute atomic E-state index is 0.0148. The third-order valence-electron chi connectivity index (χ3n) is 5.90. The minimum atomic E-state index is -0.714. The van der Waals surface area contributed by atoms with Crippen LogP contribution in [0.25, 0.3) is 0 Å². The summed E-state index contributed by atoms with van der Waals surface area (Å²) >= 11 is 12.7. The molecule has 1 aliphatic heterocycles. The summed E-state index contributed by atoms with van der Waals surface area (Å²) in [6, 6.07) is 17.6. The average molecular weight is 443 g/mol. The minimum Gasteiger partial charge on any atom is -0.508 e. The molecule has 0 spiro atoms. The monoisotopic (exact) mass is 442 g/mol. The number of hydrogen-bond donors (Lipinski definition) is 1. The van der Waals surface area contributed by atoms with Crippen LogP contribution in [0.5, 0.6) is 0 Å². The zero-order valence-corrected chi connectivity index (χ0v) is 18.3. The molecule has 2 atom stereocenters. The maximum absolute atomic E-state index is 13.5. The molecule has 2 aromatic carbocycles. The zero-order valence-electron chi connectivity index (χ0n) is 16.8. The molecule has 1 aliphatic carbocycles. The van der Waals surface area contributed by atoms with Crippen molar-refractivity contribution in [3.8, 4) is 0 Å². The molecule has 4 rings (SSSR count). The van der Waals surface area contributed by atoms with E-state index in [2.05, 4.69) is 17.0 Å². The molecule has 1 saturated heterocycles. The highest BCUT2D eigenvalue weighted by Crippen LogP contribution is 2.42. The van der Waals surface area contributed by atoms with E-state index in [-0.39, 0.29) is 17.7 Å². The van der Waals surface area contributed by atoms with Crippen LogP contribution in [0.4, 0.5) is 0 Å². The summed E-state index contributed by atoms with van der Waals surface area (Å²) in [7, 11) is 0. The van der Waals surface area contributed by atoms with Gasteiger partial charge in [0.25, 0.3) is 0 Å². The topological polar surface area (TPSA) is 43.8 Å². The third kappa shape index (κ3) is 4.13. The smallest absolute Gasteiger partial charge is 0.238 e. The van der Waals surface area contributed by atoms with Crippen LogP contribution < -0.4 is 0 Å². The molecule has 1 N–H and O–H groups in total. The number of piperazine rings is 1. The van der Waals surface area contributed by atoms with E-state index < -0.39 is 5.54 Å². The van der Waals surface area contributed by atoms with Gasteiger partial charge in [-0.2, -0.15) is 0 Å². The Morgan fingerprint density at radius 3 is 2.47 bits per heavy atom. The van der Waals surface area contributed by atoms with E-state index in [4.69, 9.17) is 23.2 Å². The predicted molar refractivity (Wildman–Crippen MR) is 120 cm³/mol. The molecule has 6 heteroatoms. The number of allylic oxidation sites excluding steroid dienone is 1. The number of hydrogen-bond acceptors (Lipinski definition) is 3. The number of rotatable bonds is 4. The van der Waals surface area contributed by atoms with Gasteiger partial charge in [-0.1, -0.05) is 65.7 Å². The van der Waals surface area contributed by atoms with Gasteiger partial charge in [-0.3, -0.25) is 9.69 Å². The summed E-state index contributed by atoms with van der Waals surface area (Å²) in [6.07, 6.45) is 3.71. The van der Waals surface area contributed by atoms with Gasteiger partial charge in [0.1, 0.15) is 5.76 Å². The Morgan fingerprint density at radius 2 is 1.80 bits per heavy atom. The summed E-state index contributed by atoms with van der Waals surface area (Å²) in [5, 5.41) is 11.0. The highest BCUT2D eigenvalue weighted by atomic mass is 35.5. The van der Waals surface area contributed by atoms with Gasteiger partial charge in [0.2, 0.25) is 5.91 Å². The van der Waals surface area contributed by atoms with Gasteiger partial charge in [0, 0.05) is 23.1 Å². The molecule has 1 amide bonds. The number of halogens is 2. The van der Waals surface area contributed by atoms with Gasteiger partial charge in [-0.25, -0.2) is 0 Å². The van der Waals surface area contributed by atoms with Gasteiger partial charge < -0.3 is 10.0 Å². The van der Waals surface area contributed by atoms with Gasteiger partial charge >= 0.3 is 0 Å². The summed E-state index contributed by atoms with van der Waals surface area (Å²) < 4.78 is 0. The molecule has 1 fully saturated rings. The second-order valence-corrected chi connectivity index (χ2v) is 8.93. The third-order valence-corrected chi connectivity index (χ3v) is 6.67. The maximum atomic E-state index is 13.5. The van der Waals surface area contributed by atoms with Crippen LogP contribution in [0.1, 0.15) is 30.5 Å². The number of aliphatic hydroxyl groups is 1. The van der Waals surface area contributed by atoms with E-state index >= 15 is 0 Å². The van der Waals surface area contributed by atoms with E-state index in [0.29, 0.717) is 36.1 Å². The van der Waals surface area contributed by atoms with Crippen molar-refractivity contribution < 1.29 is 9.90 Å². The lowest BCUT2D eigenvalue weighted by Gasteiger charge is -2.51. The number of nitrogens with zero attached hydrogens (tertiary/aromatic N) is 2. The highest BCUT2D eigenvalue weighted by molar-refractivity contribution is 6.31. The van der Waals surface area contributed by atoms with Crippen LogP contribution in [-0.2, 0) is 11.3 Å². The molecule has 156 valence electrons. The molecular weight excluding hydrogens is 419 g/mol. The highest BCUT2D eigenvalue weighted by Gasteiger charge is 2.46. The summed E-state index contributed by atoms with van der Waals surface area (Å²) in [6.45, 7) is 3.65. The van der Waals surface area contributed by atoms with Crippen molar-refractivity contribution in [3.63, 3.8) is 0 Å². The molecule has 0 saturated carbocycles. The standard InChI is InChI=1S/C24H24Cl2N2O2/c1-24(12-11-20(29)13-22(24)26)28-21(18-7-9-19(25)10-8-18)15-27(16-23(28)30)14-17-5-3-2-4-6-17/h2-11,13,21,29H,12,14-16H2,1H3. The van der Waals surface area contributed by atoms with Crippen molar-refractivity contribution in [2.24, 2.45) is 0 Å². The Morgan fingerprint density at radius 1 is 1.10 bits per heavy atom. The van der Waals surface area contributed by atoms with Crippen LogP contribution in [0.3, 0.4) is 0 Å². The second kappa shape index (κ2) is 8.46. The normalized spacial score (nSPS) is 25.1. The lowest BCUT2D eigenvalue weighted by atomic mass is 9.86. The Bertz CT molecular complexity index is 988. The number of aliphatic hydroxyl groups excluding tert-OH is 1. The Balaban J connectivity index is 1.69. The number of carbonyl (C=O) groups is 1. The molecule has 2 aliphatic rings. The van der Waals surface area contributed by atoms with Crippen molar-refractivity contribution in [1.82, 2.24) is 9.80 Å². The molecule has 0 aromatic heterocycles. The Hall–Kier alpha value is -2.27. The number of carbonyl (C=O) groups excluding carboxylic acids is 1. The van der Waals surface area contributed by atoms with Crippen LogP contribution >= 0.6 is 23.2 Å². The first-order chi connectivity index (χ1) is 14.4. The van der Waals surface area contributed by atoms with E-state index in [1.54, 1.807) is 6.08 Å². The fourth-order valence-corrected chi connectivity index (χ4v) is 4.72. The fourth-order valence-electron chi connectivity index (χ4n) is 4.31. The van der Waals surface area contributed by atoms with E-state index in [0.717, 1.165) is 5.56 Å². The van der Waals surface area contributed by atoms with Crippen molar-refractivity contribution in [2.75, 3.05) is 13.1 Å². The first-order valence-electron chi connectivity index (χ1n) is 9.97. The molecule has 4 nitrogen and oxygen atoms in total. The maximum Gasteiger partial charge on any atom is 0.238 e. The summed E-state index contributed by atoms with van der Waals surface area (Å²) in [4.78, 5) is 17.5. The summed E-state index contributed by atoms with van der Waals surface area (Å²) in [5.41, 5.74) is 1.46. The molecule has 1 heterocycles. The quantitative estimate of drug-likeness (QED) is 0.683. The van der Waals surface area contributed by atoms with Crippen LogP contribution in [0.2, 0.25) is 5.02 Å². The van der Waals surface area contributed by atoms with Gasteiger partial charge in [-0.15, -0.1) is 0 Å². The van der Waals surface area contributed by atoms with Crippen molar-refractivity contribution in [1.29, 1.82) is 0 Å². The summed E-state index contributed by atoms with van der Waals surface area (Å²) in [5.74, 6) is 0.150. The van der Waals surface area contributed by atoms with Crippen molar-refractivity contribution in [2.45, 2.75) is 31.5 Å². The zero-order chi connectivity index (χ0) is 21.3. The van der Waals surface area contributed by atoms with E-state index in [1.807, 2.05) is 54.3 Å². The molecule has 30 heavy (non-hydrogen) atoms. The average Bonchev–Trinajstić information content (AvgIpc) is 2.72. The van der Waals surface area contributed by atoms with Crippen LogP contribution in [0.15, 0.2) is 77.5 Å². The predicted octanol–water partition coefficient (Wildman–Crippen LogP) is 5.45. The van der Waals surface area contributed by atoms with Crippen LogP contribution in [0, 0.1) is 0 Å². The van der Waals surface area contributed by atoms with Gasteiger partial charge in [-0.05, 0) is 48.8 Å². The molecule has 0 bridgehead atoms. The molecule has 0 radical (unpaired) electrons. The first kappa shape index (κ1) is 21.0. The number of amides is 1.